The van der Waals surface area contributed by atoms with Crippen LogP contribution in [0.15, 0.2) is 12.3 Å². The molecule has 2 fully saturated rings. The second kappa shape index (κ2) is 6.90. The average Bonchev–Trinajstić information content (AvgIpc) is 3.08. The molecule has 0 aromatic carbocycles. The predicted octanol–water partition coefficient (Wildman–Crippen LogP) is 4.41. The average molecular weight is 419 g/mol. The lowest BCUT2D eigenvalue weighted by atomic mass is 9.86. The van der Waals surface area contributed by atoms with Gasteiger partial charge in [-0.15, -0.1) is 0 Å². The van der Waals surface area contributed by atoms with E-state index in [1.807, 2.05) is 13.1 Å². The van der Waals surface area contributed by atoms with Crippen LogP contribution in [0.2, 0.25) is 0 Å². The molecule has 3 aromatic heterocycles. The number of fused-ring (bicyclic) bond motifs is 3. The van der Waals surface area contributed by atoms with Gasteiger partial charge in [-0.25, -0.2) is 9.97 Å². The molecule has 6 rings (SSSR count). The van der Waals surface area contributed by atoms with Crippen molar-refractivity contribution in [3.8, 4) is 11.5 Å². The Morgan fingerprint density at radius 1 is 1.29 bits per heavy atom. The maximum absolute atomic E-state index is 12.8. The number of hydrogen-bond donors (Lipinski definition) is 2. The van der Waals surface area contributed by atoms with Gasteiger partial charge in [0.1, 0.15) is 5.69 Å². The van der Waals surface area contributed by atoms with Crippen LogP contribution in [-0.2, 0) is 17.6 Å². The van der Waals surface area contributed by atoms with Crippen LogP contribution in [0.5, 0.6) is 0 Å². The lowest BCUT2D eigenvalue weighted by molar-refractivity contribution is -0.119. The van der Waals surface area contributed by atoms with E-state index >= 15 is 0 Å². The van der Waals surface area contributed by atoms with Crippen molar-refractivity contribution in [2.24, 2.45) is 17.3 Å². The molecule has 31 heavy (non-hydrogen) atoms. The number of nitrogens with one attached hydrogen (secondary N) is 2. The fourth-order valence-corrected chi connectivity index (χ4v) is 5.76. The van der Waals surface area contributed by atoms with Gasteiger partial charge in [-0.3, -0.25) is 9.89 Å². The Morgan fingerprint density at radius 2 is 2.13 bits per heavy atom. The van der Waals surface area contributed by atoms with E-state index < -0.39 is 0 Å². The number of pyridine rings is 1. The van der Waals surface area contributed by atoms with Crippen molar-refractivity contribution in [2.45, 2.75) is 64.7 Å². The number of imidazole rings is 1. The lowest BCUT2D eigenvalue weighted by Gasteiger charge is -2.24. The smallest absolute Gasteiger partial charge is 0.227 e. The molecule has 0 saturated heterocycles. The molecular formula is C24H30N6O. The zero-order valence-corrected chi connectivity index (χ0v) is 18.4. The van der Waals surface area contributed by atoms with E-state index in [1.54, 1.807) is 11.1 Å². The first-order chi connectivity index (χ1) is 15.0. The zero-order valence-electron chi connectivity index (χ0n) is 18.4. The summed E-state index contributed by atoms with van der Waals surface area (Å²) in [7, 11) is 1.85. The third-order valence-electron chi connectivity index (χ3n) is 8.02. The Kier molecular flexibility index (Phi) is 4.24. The normalized spacial score (nSPS) is 25.3. The first-order valence-corrected chi connectivity index (χ1v) is 11.7. The maximum atomic E-state index is 12.8. The fraction of sp³-hybridized carbons (Fsp3) is 0.583. The van der Waals surface area contributed by atoms with E-state index in [0.29, 0.717) is 23.4 Å². The minimum Gasteiger partial charge on any atom is -0.335 e. The highest BCUT2D eigenvalue weighted by Crippen LogP contribution is 2.59. The molecule has 3 aliphatic rings. The summed E-state index contributed by atoms with van der Waals surface area (Å²) >= 11 is 0. The number of rotatable bonds is 4. The van der Waals surface area contributed by atoms with Crippen LogP contribution in [0.25, 0.3) is 22.7 Å². The van der Waals surface area contributed by atoms with Gasteiger partial charge in [-0.2, -0.15) is 5.10 Å². The molecule has 3 heterocycles. The van der Waals surface area contributed by atoms with Crippen molar-refractivity contribution >= 4 is 22.8 Å². The SMILES string of the molecule is CN(C(=O)CC1CCCCC1)c1cnc2nc(-c3n[nH]c4c3C[C@@H]3C[C@]3(C)C4)[nH]c2c1. The summed E-state index contributed by atoms with van der Waals surface area (Å²) in [4.78, 5) is 27.2. The summed E-state index contributed by atoms with van der Waals surface area (Å²) in [5, 5.41) is 7.84. The standard InChI is InChI=1S/C24H30N6O/c1-24-11-15(24)9-17-19(12-24)28-29-21(17)23-26-18-10-16(13-25-22(18)27-23)30(2)20(31)8-14-6-4-3-5-7-14/h10,13-15H,3-9,11-12H2,1-2H3,(H,28,29)(H,25,26,27)/t15-,24-/m1/s1. The van der Waals surface area contributed by atoms with Crippen molar-refractivity contribution in [1.29, 1.82) is 0 Å². The van der Waals surface area contributed by atoms with Gasteiger partial charge in [-0.1, -0.05) is 26.2 Å². The largest absolute Gasteiger partial charge is 0.335 e. The van der Waals surface area contributed by atoms with Crippen molar-refractivity contribution in [3.05, 3.63) is 23.5 Å². The number of aromatic nitrogens is 5. The Hall–Kier alpha value is -2.70. The fourth-order valence-electron chi connectivity index (χ4n) is 5.76. The Labute approximate surface area is 182 Å². The van der Waals surface area contributed by atoms with Gasteiger partial charge in [0.25, 0.3) is 0 Å². The highest BCUT2D eigenvalue weighted by Gasteiger charge is 2.53. The van der Waals surface area contributed by atoms with E-state index in [4.69, 9.17) is 4.98 Å². The second-order valence-electron chi connectivity index (χ2n) is 10.3. The van der Waals surface area contributed by atoms with Crippen LogP contribution < -0.4 is 4.90 Å². The number of anilines is 1. The second-order valence-corrected chi connectivity index (χ2v) is 10.3. The van der Waals surface area contributed by atoms with Crippen LogP contribution in [-0.4, -0.2) is 38.1 Å². The molecule has 0 radical (unpaired) electrons. The molecule has 0 spiro atoms. The van der Waals surface area contributed by atoms with Gasteiger partial charge in [0.15, 0.2) is 11.5 Å². The lowest BCUT2D eigenvalue weighted by Crippen LogP contribution is -2.28. The van der Waals surface area contributed by atoms with Crippen molar-refractivity contribution < 1.29 is 4.79 Å². The molecule has 7 heteroatoms. The molecule has 3 aromatic rings. The number of carbonyl (C=O) groups is 1. The number of nitrogens with zero attached hydrogens (tertiary/aromatic N) is 4. The Bertz CT molecular complexity index is 1160. The van der Waals surface area contributed by atoms with Crippen LogP contribution in [0.4, 0.5) is 5.69 Å². The summed E-state index contributed by atoms with van der Waals surface area (Å²) in [6.45, 7) is 2.37. The molecular weight excluding hydrogens is 388 g/mol. The maximum Gasteiger partial charge on any atom is 0.227 e. The topological polar surface area (TPSA) is 90.6 Å². The number of H-pyrrole nitrogens is 2. The summed E-state index contributed by atoms with van der Waals surface area (Å²) < 4.78 is 0. The number of carbonyl (C=O) groups excluding carboxylic acids is 1. The molecule has 2 saturated carbocycles. The molecule has 0 bridgehead atoms. The summed E-state index contributed by atoms with van der Waals surface area (Å²) in [5.74, 6) is 2.23. The van der Waals surface area contributed by atoms with Gasteiger partial charge in [-0.05, 0) is 55.4 Å². The molecule has 0 aliphatic heterocycles. The Balaban J connectivity index is 1.24. The first kappa shape index (κ1) is 19.0. The van der Waals surface area contributed by atoms with Gasteiger partial charge in [0.2, 0.25) is 5.91 Å². The number of aromatic amines is 2. The minimum absolute atomic E-state index is 0.168. The minimum atomic E-state index is 0.168. The van der Waals surface area contributed by atoms with Crippen LogP contribution in [0.3, 0.4) is 0 Å². The Morgan fingerprint density at radius 3 is 2.97 bits per heavy atom. The highest BCUT2D eigenvalue weighted by atomic mass is 16.2. The predicted molar refractivity (Wildman–Crippen MR) is 120 cm³/mol. The number of hydrogen-bond acceptors (Lipinski definition) is 4. The molecule has 1 amide bonds. The third kappa shape index (κ3) is 3.25. The van der Waals surface area contributed by atoms with Gasteiger partial charge >= 0.3 is 0 Å². The van der Waals surface area contributed by atoms with Crippen LogP contribution >= 0.6 is 0 Å². The molecule has 2 atom stereocenters. The van der Waals surface area contributed by atoms with Crippen LogP contribution in [0, 0.1) is 17.3 Å². The summed E-state index contributed by atoms with van der Waals surface area (Å²) in [6, 6.07) is 1.98. The van der Waals surface area contributed by atoms with Gasteiger partial charge in [0, 0.05) is 24.7 Å². The van der Waals surface area contributed by atoms with E-state index in [1.165, 1.54) is 49.8 Å². The van der Waals surface area contributed by atoms with Crippen molar-refractivity contribution in [2.75, 3.05) is 11.9 Å². The van der Waals surface area contributed by atoms with E-state index in [9.17, 15) is 4.79 Å². The van der Waals surface area contributed by atoms with Gasteiger partial charge < -0.3 is 9.88 Å². The third-order valence-corrected chi connectivity index (χ3v) is 8.02. The van der Waals surface area contributed by atoms with E-state index in [2.05, 4.69) is 27.1 Å². The molecule has 3 aliphatic carbocycles. The molecule has 7 nitrogen and oxygen atoms in total. The van der Waals surface area contributed by atoms with Crippen molar-refractivity contribution in [1.82, 2.24) is 25.1 Å². The summed E-state index contributed by atoms with van der Waals surface area (Å²) in [5.41, 5.74) is 6.26. The highest BCUT2D eigenvalue weighted by molar-refractivity contribution is 5.94. The van der Waals surface area contributed by atoms with E-state index in [0.717, 1.165) is 41.5 Å². The summed E-state index contributed by atoms with van der Waals surface area (Å²) in [6.07, 6.45) is 12.0. The zero-order chi connectivity index (χ0) is 21.2. The molecule has 2 N–H and O–H groups in total. The first-order valence-electron chi connectivity index (χ1n) is 11.7. The van der Waals surface area contributed by atoms with Gasteiger partial charge in [0.05, 0.1) is 17.4 Å². The molecule has 0 unspecified atom stereocenters. The van der Waals surface area contributed by atoms with Crippen molar-refractivity contribution in [3.63, 3.8) is 0 Å². The quantitative estimate of drug-likeness (QED) is 0.657. The monoisotopic (exact) mass is 418 g/mol. The number of amides is 1. The van der Waals surface area contributed by atoms with E-state index in [-0.39, 0.29) is 5.91 Å². The molecule has 162 valence electrons. The van der Waals surface area contributed by atoms with Crippen LogP contribution in [0.1, 0.15) is 63.1 Å².